The molecule has 2 aromatic carbocycles. The van der Waals surface area contributed by atoms with Gasteiger partial charge in [-0.1, -0.05) is 42.5 Å². The number of benzene rings is 2. The first-order chi connectivity index (χ1) is 12.1. The molecule has 2 aromatic rings. The average Bonchev–Trinajstić information content (AvgIpc) is 2.65. The second-order valence-electron chi connectivity index (χ2n) is 5.36. The van der Waals surface area contributed by atoms with Crippen LogP contribution in [-0.2, 0) is 9.59 Å². The van der Waals surface area contributed by atoms with Crippen molar-refractivity contribution in [3.05, 3.63) is 60.2 Å². The van der Waals surface area contributed by atoms with Gasteiger partial charge in [-0.15, -0.1) is 0 Å². The van der Waals surface area contributed by atoms with Gasteiger partial charge in [-0.3, -0.25) is 14.4 Å². The molecule has 0 heterocycles. The van der Waals surface area contributed by atoms with Crippen LogP contribution in [0.2, 0.25) is 0 Å². The maximum atomic E-state index is 12.1. The number of amides is 3. The molecule has 3 amide bonds. The number of hydrogen-bond donors (Lipinski definition) is 3. The van der Waals surface area contributed by atoms with Crippen LogP contribution in [0.4, 0.5) is 0 Å². The van der Waals surface area contributed by atoms with Crippen molar-refractivity contribution in [2.75, 3.05) is 19.6 Å². The van der Waals surface area contributed by atoms with Gasteiger partial charge in [-0.05, 0) is 30.2 Å². The Morgan fingerprint density at radius 2 is 1.28 bits per heavy atom. The van der Waals surface area contributed by atoms with Crippen molar-refractivity contribution in [2.24, 2.45) is 0 Å². The second kappa shape index (κ2) is 9.22. The van der Waals surface area contributed by atoms with E-state index in [4.69, 9.17) is 0 Å². The quantitative estimate of drug-likeness (QED) is 0.711. The summed E-state index contributed by atoms with van der Waals surface area (Å²) in [6, 6.07) is 17.0. The van der Waals surface area contributed by atoms with Crippen molar-refractivity contribution in [3.63, 3.8) is 0 Å². The summed E-state index contributed by atoms with van der Waals surface area (Å²) in [7, 11) is 0. The molecule has 0 aromatic heterocycles. The highest BCUT2D eigenvalue weighted by Gasteiger charge is 2.09. The van der Waals surface area contributed by atoms with Gasteiger partial charge < -0.3 is 16.0 Å². The van der Waals surface area contributed by atoms with Gasteiger partial charge >= 0.3 is 0 Å². The van der Waals surface area contributed by atoms with Gasteiger partial charge in [-0.25, -0.2) is 0 Å². The van der Waals surface area contributed by atoms with Crippen molar-refractivity contribution < 1.29 is 14.4 Å². The van der Waals surface area contributed by atoms with Crippen molar-refractivity contribution >= 4 is 17.7 Å². The lowest BCUT2D eigenvalue weighted by molar-refractivity contribution is -0.125. The van der Waals surface area contributed by atoms with Crippen LogP contribution in [0.5, 0.6) is 0 Å². The third-order valence-corrected chi connectivity index (χ3v) is 3.48. The van der Waals surface area contributed by atoms with Crippen LogP contribution in [0.25, 0.3) is 11.1 Å². The molecule has 6 nitrogen and oxygen atoms in total. The molecule has 0 saturated carbocycles. The lowest BCUT2D eigenvalue weighted by atomic mass is 10.0. The highest BCUT2D eigenvalue weighted by atomic mass is 16.2. The molecular weight excluding hydrogens is 318 g/mol. The molecule has 0 aliphatic carbocycles. The largest absolute Gasteiger partial charge is 0.355 e. The standard InChI is InChI=1S/C19H21N3O3/c1-2-20-17(23)12-21-18(24)13-22-19(25)16-10-8-15(9-11-16)14-6-4-3-5-7-14/h3-11H,2,12-13H2,1H3,(H,20,23)(H,21,24)(H,22,25). The molecule has 0 aliphatic rings. The molecule has 0 atom stereocenters. The maximum absolute atomic E-state index is 12.1. The fraction of sp³-hybridized carbons (Fsp3) is 0.211. The van der Waals surface area contributed by atoms with Crippen LogP contribution in [0.15, 0.2) is 54.6 Å². The van der Waals surface area contributed by atoms with E-state index in [0.717, 1.165) is 11.1 Å². The lowest BCUT2D eigenvalue weighted by Gasteiger charge is -2.08. The predicted octanol–water partition coefficient (Wildman–Crippen LogP) is 1.34. The second-order valence-corrected chi connectivity index (χ2v) is 5.36. The average molecular weight is 339 g/mol. The van der Waals surface area contributed by atoms with E-state index in [-0.39, 0.29) is 24.9 Å². The van der Waals surface area contributed by atoms with Crippen LogP contribution in [0, 0.1) is 0 Å². The summed E-state index contributed by atoms with van der Waals surface area (Å²) in [6.45, 7) is 2.01. The molecule has 6 heteroatoms. The van der Waals surface area contributed by atoms with Crippen molar-refractivity contribution in [1.29, 1.82) is 0 Å². The SMILES string of the molecule is CCNC(=O)CNC(=O)CNC(=O)c1ccc(-c2ccccc2)cc1. The van der Waals surface area contributed by atoms with Gasteiger partial charge in [0, 0.05) is 12.1 Å². The maximum Gasteiger partial charge on any atom is 0.251 e. The Kier molecular flexibility index (Phi) is 6.71. The summed E-state index contributed by atoms with van der Waals surface area (Å²) >= 11 is 0. The van der Waals surface area contributed by atoms with Gasteiger partial charge in [0.15, 0.2) is 0 Å². The van der Waals surface area contributed by atoms with Crippen molar-refractivity contribution in [1.82, 2.24) is 16.0 Å². The Bertz CT molecular complexity index is 727. The Balaban J connectivity index is 1.83. The van der Waals surface area contributed by atoms with Gasteiger partial charge in [0.1, 0.15) is 0 Å². The Labute approximate surface area is 146 Å². The van der Waals surface area contributed by atoms with Crippen LogP contribution < -0.4 is 16.0 Å². The zero-order chi connectivity index (χ0) is 18.1. The summed E-state index contributed by atoms with van der Waals surface area (Å²) in [4.78, 5) is 34.9. The highest BCUT2D eigenvalue weighted by molar-refractivity contribution is 5.97. The van der Waals surface area contributed by atoms with Crippen molar-refractivity contribution in [2.45, 2.75) is 6.92 Å². The summed E-state index contributed by atoms with van der Waals surface area (Å²) in [5.74, 6) is -1.02. The monoisotopic (exact) mass is 339 g/mol. The zero-order valence-corrected chi connectivity index (χ0v) is 14.0. The number of rotatable bonds is 7. The van der Waals surface area contributed by atoms with E-state index in [1.54, 1.807) is 19.1 Å². The molecule has 0 radical (unpaired) electrons. The van der Waals surface area contributed by atoms with E-state index in [0.29, 0.717) is 12.1 Å². The third kappa shape index (κ3) is 5.76. The van der Waals surface area contributed by atoms with Gasteiger partial charge in [0.05, 0.1) is 13.1 Å². The normalized spacial score (nSPS) is 9.96. The van der Waals surface area contributed by atoms with Crippen LogP contribution in [0.1, 0.15) is 17.3 Å². The lowest BCUT2D eigenvalue weighted by Crippen LogP contribution is -2.41. The minimum Gasteiger partial charge on any atom is -0.355 e. The van der Waals surface area contributed by atoms with Gasteiger partial charge in [-0.2, -0.15) is 0 Å². The highest BCUT2D eigenvalue weighted by Crippen LogP contribution is 2.19. The third-order valence-electron chi connectivity index (χ3n) is 3.48. The summed E-state index contributed by atoms with van der Waals surface area (Å²) < 4.78 is 0. The number of likely N-dealkylation sites (N-methyl/N-ethyl adjacent to an activating group) is 1. The fourth-order valence-electron chi connectivity index (χ4n) is 2.21. The van der Waals surface area contributed by atoms with E-state index >= 15 is 0 Å². The fourth-order valence-corrected chi connectivity index (χ4v) is 2.21. The van der Waals surface area contributed by atoms with E-state index in [9.17, 15) is 14.4 Å². The Morgan fingerprint density at radius 1 is 0.720 bits per heavy atom. The molecule has 3 N–H and O–H groups in total. The number of carbonyl (C=O) groups excluding carboxylic acids is 3. The molecule has 130 valence electrons. The van der Waals surface area contributed by atoms with Crippen LogP contribution in [0.3, 0.4) is 0 Å². The van der Waals surface area contributed by atoms with Gasteiger partial charge in [0.25, 0.3) is 5.91 Å². The summed E-state index contributed by atoms with van der Waals surface area (Å²) in [6.07, 6.45) is 0. The van der Waals surface area contributed by atoms with E-state index in [1.807, 2.05) is 42.5 Å². The molecule has 0 fully saturated rings. The van der Waals surface area contributed by atoms with Crippen LogP contribution >= 0.6 is 0 Å². The minimum atomic E-state index is -0.416. The smallest absolute Gasteiger partial charge is 0.251 e. The van der Waals surface area contributed by atoms with E-state index < -0.39 is 5.91 Å². The molecule has 2 rings (SSSR count). The molecule has 0 bridgehead atoms. The molecule has 0 saturated heterocycles. The molecule has 25 heavy (non-hydrogen) atoms. The first kappa shape index (κ1) is 18.2. The zero-order valence-electron chi connectivity index (χ0n) is 14.0. The number of nitrogens with one attached hydrogen (secondary N) is 3. The molecule has 0 spiro atoms. The minimum absolute atomic E-state index is 0.103. The Hall–Kier alpha value is -3.15. The first-order valence-corrected chi connectivity index (χ1v) is 8.07. The summed E-state index contributed by atoms with van der Waals surface area (Å²) in [5.41, 5.74) is 2.55. The van der Waals surface area contributed by atoms with Crippen molar-refractivity contribution in [3.8, 4) is 11.1 Å². The summed E-state index contributed by atoms with van der Waals surface area (Å²) in [5, 5.41) is 7.54. The predicted molar refractivity (Wildman–Crippen MR) is 95.9 cm³/mol. The van der Waals surface area contributed by atoms with E-state index in [2.05, 4.69) is 16.0 Å². The Morgan fingerprint density at radius 3 is 1.92 bits per heavy atom. The molecule has 0 aliphatic heterocycles. The number of carbonyl (C=O) groups is 3. The molecular formula is C19H21N3O3. The topological polar surface area (TPSA) is 87.3 Å². The first-order valence-electron chi connectivity index (χ1n) is 8.07. The van der Waals surface area contributed by atoms with Gasteiger partial charge in [0.2, 0.25) is 11.8 Å². The number of hydrogen-bond acceptors (Lipinski definition) is 3. The van der Waals surface area contributed by atoms with Crippen LogP contribution in [-0.4, -0.2) is 37.4 Å². The van der Waals surface area contributed by atoms with E-state index in [1.165, 1.54) is 0 Å². The molecule has 0 unspecified atom stereocenters.